The predicted molar refractivity (Wildman–Crippen MR) is 112 cm³/mol. The van der Waals surface area contributed by atoms with Crippen molar-refractivity contribution >= 4 is 44.2 Å². The molecule has 146 valence electrons. The van der Waals surface area contributed by atoms with Gasteiger partial charge in [0.25, 0.3) is 0 Å². The summed E-state index contributed by atoms with van der Waals surface area (Å²) < 4.78 is 22.9. The quantitative estimate of drug-likeness (QED) is 0.550. The molecule has 0 saturated carbocycles. The van der Waals surface area contributed by atoms with Crippen molar-refractivity contribution in [2.45, 2.75) is 24.3 Å². The molecular formula is C20H19NO4S3. The Hall–Kier alpha value is -2.29. The molecule has 2 aromatic heterocycles. The summed E-state index contributed by atoms with van der Waals surface area (Å²) in [6.07, 6.45) is 2.01. The van der Waals surface area contributed by atoms with Crippen molar-refractivity contribution in [1.29, 1.82) is 0 Å². The van der Waals surface area contributed by atoms with Gasteiger partial charge in [0, 0.05) is 28.5 Å². The first-order chi connectivity index (χ1) is 13.3. The summed E-state index contributed by atoms with van der Waals surface area (Å²) in [6.45, 7) is 0.382. The first-order valence-electron chi connectivity index (χ1n) is 8.54. The lowest BCUT2D eigenvalue weighted by atomic mass is 10.1. The van der Waals surface area contributed by atoms with Crippen LogP contribution in [-0.4, -0.2) is 26.4 Å². The van der Waals surface area contributed by atoms with Crippen LogP contribution < -0.4 is 5.32 Å². The maximum Gasteiger partial charge on any atom is 0.220 e. The Kier molecular flexibility index (Phi) is 6.43. The van der Waals surface area contributed by atoms with E-state index in [4.69, 9.17) is 0 Å². The van der Waals surface area contributed by atoms with Gasteiger partial charge in [-0.2, -0.15) is 11.3 Å². The lowest BCUT2D eigenvalue weighted by Crippen LogP contribution is -2.22. The van der Waals surface area contributed by atoms with Gasteiger partial charge in [0.15, 0.2) is 9.84 Å². The zero-order chi connectivity index (χ0) is 20.1. The van der Waals surface area contributed by atoms with Crippen LogP contribution in [0.2, 0.25) is 0 Å². The van der Waals surface area contributed by atoms with E-state index in [0.717, 1.165) is 10.4 Å². The lowest BCUT2D eigenvalue weighted by molar-refractivity contribution is -0.121. The third-order valence-corrected chi connectivity index (χ3v) is 7.02. The van der Waals surface area contributed by atoms with Gasteiger partial charge in [0.2, 0.25) is 11.7 Å². The molecule has 1 aromatic carbocycles. The first kappa shape index (κ1) is 20.4. The molecule has 3 rings (SSSR count). The van der Waals surface area contributed by atoms with Crippen LogP contribution in [0.5, 0.6) is 0 Å². The minimum atomic E-state index is -3.21. The molecule has 0 saturated heterocycles. The van der Waals surface area contributed by atoms with Gasteiger partial charge in [-0.1, -0.05) is 12.1 Å². The number of rotatable bonds is 8. The van der Waals surface area contributed by atoms with Crippen LogP contribution in [0.3, 0.4) is 0 Å². The Morgan fingerprint density at radius 1 is 1.04 bits per heavy atom. The highest BCUT2D eigenvalue weighted by molar-refractivity contribution is 7.90. The Balaban J connectivity index is 1.48. The molecule has 2 heterocycles. The monoisotopic (exact) mass is 433 g/mol. The summed E-state index contributed by atoms with van der Waals surface area (Å²) in [5.41, 5.74) is 1.59. The summed E-state index contributed by atoms with van der Waals surface area (Å²) in [6, 6.07) is 12.0. The van der Waals surface area contributed by atoms with E-state index in [0.29, 0.717) is 29.8 Å². The van der Waals surface area contributed by atoms with Crippen LogP contribution >= 0.6 is 22.7 Å². The number of carbonyl (C=O) groups is 2. The van der Waals surface area contributed by atoms with Gasteiger partial charge in [-0.25, -0.2) is 8.42 Å². The van der Waals surface area contributed by atoms with Crippen molar-refractivity contribution in [2.75, 3.05) is 6.26 Å². The molecule has 0 aliphatic rings. The zero-order valence-corrected chi connectivity index (χ0v) is 17.6. The molecule has 28 heavy (non-hydrogen) atoms. The van der Waals surface area contributed by atoms with Crippen LogP contribution in [0.15, 0.2) is 58.1 Å². The first-order valence-corrected chi connectivity index (χ1v) is 12.2. The highest BCUT2D eigenvalue weighted by Gasteiger charge is 2.13. The minimum absolute atomic E-state index is 0.00127. The van der Waals surface area contributed by atoms with Gasteiger partial charge in [-0.15, -0.1) is 11.3 Å². The fraction of sp³-hybridized carbons (Fsp3) is 0.200. The number of sulfone groups is 1. The molecule has 0 unspecified atom stereocenters. The van der Waals surface area contributed by atoms with E-state index in [1.807, 2.05) is 16.8 Å². The molecule has 0 bridgehead atoms. The molecule has 0 radical (unpaired) electrons. The van der Waals surface area contributed by atoms with Gasteiger partial charge in [-0.3, -0.25) is 9.59 Å². The van der Waals surface area contributed by atoms with E-state index in [9.17, 15) is 18.0 Å². The molecule has 3 aromatic rings. The molecule has 8 heteroatoms. The molecule has 0 aliphatic heterocycles. The number of hydrogen-bond donors (Lipinski definition) is 1. The number of nitrogens with one attached hydrogen (secondary N) is 1. The van der Waals surface area contributed by atoms with Crippen LogP contribution in [0, 0.1) is 0 Å². The number of carbonyl (C=O) groups excluding carboxylic acids is 2. The van der Waals surface area contributed by atoms with Gasteiger partial charge < -0.3 is 5.32 Å². The number of amides is 1. The van der Waals surface area contributed by atoms with Gasteiger partial charge >= 0.3 is 0 Å². The second-order valence-corrected chi connectivity index (χ2v) is 10.3. The van der Waals surface area contributed by atoms with E-state index < -0.39 is 9.84 Å². The lowest BCUT2D eigenvalue weighted by Gasteiger charge is -2.05. The average molecular weight is 434 g/mol. The Morgan fingerprint density at radius 2 is 1.79 bits per heavy atom. The van der Waals surface area contributed by atoms with Gasteiger partial charge in [-0.05, 0) is 47.7 Å². The van der Waals surface area contributed by atoms with Crippen molar-refractivity contribution in [3.05, 3.63) is 74.1 Å². The molecule has 0 spiro atoms. The van der Waals surface area contributed by atoms with Crippen molar-refractivity contribution in [1.82, 2.24) is 5.32 Å². The van der Waals surface area contributed by atoms with Crippen molar-refractivity contribution in [3.8, 4) is 0 Å². The molecule has 5 nitrogen and oxygen atoms in total. The highest BCUT2D eigenvalue weighted by Crippen LogP contribution is 2.21. The minimum Gasteiger partial charge on any atom is -0.351 e. The zero-order valence-electron chi connectivity index (χ0n) is 15.2. The molecule has 0 aliphatic carbocycles. The summed E-state index contributed by atoms with van der Waals surface area (Å²) in [5, 5.41) is 6.56. The second kappa shape index (κ2) is 8.81. The summed E-state index contributed by atoms with van der Waals surface area (Å²) >= 11 is 2.87. The predicted octanol–water partition coefficient (Wildman–Crippen LogP) is 3.69. The number of thiophene rings is 2. The maximum atomic E-state index is 12.3. The Labute approximate surface area is 172 Å². The fourth-order valence-electron chi connectivity index (χ4n) is 2.57. The normalized spacial score (nSPS) is 11.3. The maximum absolute atomic E-state index is 12.3. The number of aryl methyl sites for hydroxylation is 1. The third kappa shape index (κ3) is 5.37. The van der Waals surface area contributed by atoms with Crippen LogP contribution in [0.1, 0.15) is 32.1 Å². The Morgan fingerprint density at radius 3 is 2.43 bits per heavy atom. The molecule has 0 fully saturated rings. The average Bonchev–Trinajstić information content (AvgIpc) is 3.35. The third-order valence-electron chi connectivity index (χ3n) is 4.12. The molecule has 0 atom stereocenters. The van der Waals surface area contributed by atoms with E-state index in [1.165, 1.54) is 28.9 Å². The van der Waals surface area contributed by atoms with Crippen molar-refractivity contribution in [3.63, 3.8) is 0 Å². The number of benzene rings is 1. The molecule has 1 amide bonds. The number of hydrogen-bond acceptors (Lipinski definition) is 6. The summed E-state index contributed by atoms with van der Waals surface area (Å²) in [4.78, 5) is 26.2. The van der Waals surface area contributed by atoms with Gasteiger partial charge in [0.05, 0.1) is 16.3 Å². The second-order valence-electron chi connectivity index (χ2n) is 6.30. The van der Waals surface area contributed by atoms with E-state index in [-0.39, 0.29) is 16.6 Å². The van der Waals surface area contributed by atoms with E-state index >= 15 is 0 Å². The summed E-state index contributed by atoms with van der Waals surface area (Å²) in [5.74, 6) is -0.0901. The summed E-state index contributed by atoms with van der Waals surface area (Å²) in [7, 11) is -3.21. The molecular weight excluding hydrogens is 414 g/mol. The molecule has 1 N–H and O–H groups in total. The Bertz CT molecular complexity index is 1070. The van der Waals surface area contributed by atoms with Crippen LogP contribution in [-0.2, 0) is 27.6 Å². The van der Waals surface area contributed by atoms with E-state index in [1.54, 1.807) is 36.4 Å². The van der Waals surface area contributed by atoms with Crippen molar-refractivity contribution < 1.29 is 18.0 Å². The number of ketones is 1. The highest BCUT2D eigenvalue weighted by atomic mass is 32.2. The standard InChI is InChI=1S/C20H19NO4S3/c1-28(24,25)17-6-2-14(3-7-17)4-9-19(22)21-12-16-5-8-18(27-16)20(23)15-10-11-26-13-15/h2-3,5-8,10-11,13H,4,9,12H2,1H3,(H,21,22). The fourth-order valence-corrected chi connectivity index (χ4v) is 4.74. The smallest absolute Gasteiger partial charge is 0.220 e. The topological polar surface area (TPSA) is 80.3 Å². The van der Waals surface area contributed by atoms with Crippen molar-refractivity contribution in [2.24, 2.45) is 0 Å². The van der Waals surface area contributed by atoms with Crippen LogP contribution in [0.4, 0.5) is 0 Å². The largest absolute Gasteiger partial charge is 0.351 e. The van der Waals surface area contributed by atoms with Gasteiger partial charge in [0.1, 0.15) is 0 Å². The SMILES string of the molecule is CS(=O)(=O)c1ccc(CCC(=O)NCc2ccc(C(=O)c3ccsc3)s2)cc1. The van der Waals surface area contributed by atoms with E-state index in [2.05, 4.69) is 5.32 Å². The van der Waals surface area contributed by atoms with Crippen LogP contribution in [0.25, 0.3) is 0 Å².